The summed E-state index contributed by atoms with van der Waals surface area (Å²) in [5.41, 5.74) is 0.382. The number of hydrogen-bond donors (Lipinski definition) is 1. The predicted octanol–water partition coefficient (Wildman–Crippen LogP) is 4.10. The molecule has 0 saturated heterocycles. The van der Waals surface area contributed by atoms with Gasteiger partial charge in [-0.25, -0.2) is 0 Å². The molecule has 0 bridgehead atoms. The molecule has 1 unspecified atom stereocenters. The van der Waals surface area contributed by atoms with Gasteiger partial charge in [-0.3, -0.25) is 0 Å². The Labute approximate surface area is 115 Å². The number of rotatable bonds is 11. The molecule has 0 radical (unpaired) electrons. The molecular formula is C16H35NO. The normalized spacial score (nSPS) is 15.3. The zero-order valence-electron chi connectivity index (χ0n) is 13.5. The third-order valence-corrected chi connectivity index (χ3v) is 3.65. The van der Waals surface area contributed by atoms with Crippen molar-refractivity contribution in [3.8, 4) is 0 Å². The molecule has 2 nitrogen and oxygen atoms in total. The molecule has 0 rings (SSSR count). The summed E-state index contributed by atoms with van der Waals surface area (Å²) < 4.78 is 5.74. The van der Waals surface area contributed by atoms with Gasteiger partial charge in [0, 0.05) is 19.8 Å². The summed E-state index contributed by atoms with van der Waals surface area (Å²) >= 11 is 0. The fraction of sp³-hybridized carbons (Fsp3) is 1.00. The van der Waals surface area contributed by atoms with Crippen molar-refractivity contribution in [2.45, 2.75) is 60.8 Å². The summed E-state index contributed by atoms with van der Waals surface area (Å²) in [7, 11) is 0. The van der Waals surface area contributed by atoms with Gasteiger partial charge in [0.15, 0.2) is 0 Å². The highest BCUT2D eigenvalue weighted by Crippen LogP contribution is 2.24. The van der Waals surface area contributed by atoms with Crippen molar-refractivity contribution < 1.29 is 4.74 Å². The molecule has 1 N–H and O–H groups in total. The lowest BCUT2D eigenvalue weighted by molar-refractivity contribution is 0.0891. The van der Waals surface area contributed by atoms with Crippen molar-refractivity contribution in [1.29, 1.82) is 0 Å². The molecule has 0 aromatic heterocycles. The maximum absolute atomic E-state index is 5.74. The van der Waals surface area contributed by atoms with Gasteiger partial charge in [0.1, 0.15) is 0 Å². The first-order valence-corrected chi connectivity index (χ1v) is 7.68. The lowest BCUT2D eigenvalue weighted by Gasteiger charge is -2.29. The van der Waals surface area contributed by atoms with Gasteiger partial charge in [-0.1, -0.05) is 41.5 Å². The van der Waals surface area contributed by atoms with Crippen molar-refractivity contribution in [2.75, 3.05) is 26.3 Å². The second-order valence-corrected chi connectivity index (χ2v) is 6.73. The largest absolute Gasteiger partial charge is 0.381 e. The molecule has 0 aliphatic heterocycles. The van der Waals surface area contributed by atoms with E-state index < -0.39 is 0 Å². The van der Waals surface area contributed by atoms with Gasteiger partial charge < -0.3 is 10.1 Å². The van der Waals surface area contributed by atoms with Gasteiger partial charge in [-0.05, 0) is 43.1 Å². The molecule has 1 atom stereocenters. The van der Waals surface area contributed by atoms with Crippen LogP contribution < -0.4 is 5.32 Å². The Morgan fingerprint density at radius 2 is 1.72 bits per heavy atom. The summed E-state index contributed by atoms with van der Waals surface area (Å²) in [4.78, 5) is 0. The van der Waals surface area contributed by atoms with Gasteiger partial charge in [-0.2, -0.15) is 0 Å². The lowest BCUT2D eigenvalue weighted by Crippen LogP contribution is -2.34. The highest BCUT2D eigenvalue weighted by molar-refractivity contribution is 4.75. The van der Waals surface area contributed by atoms with Crippen molar-refractivity contribution in [3.63, 3.8) is 0 Å². The molecule has 0 heterocycles. The molecule has 18 heavy (non-hydrogen) atoms. The Morgan fingerprint density at radius 1 is 1.06 bits per heavy atom. The smallest absolute Gasteiger partial charge is 0.0471 e. The minimum atomic E-state index is 0.382. The summed E-state index contributed by atoms with van der Waals surface area (Å²) in [6, 6.07) is 0. The van der Waals surface area contributed by atoms with Gasteiger partial charge >= 0.3 is 0 Å². The Morgan fingerprint density at radius 3 is 2.22 bits per heavy atom. The van der Waals surface area contributed by atoms with E-state index in [1.807, 2.05) is 0 Å². The van der Waals surface area contributed by atoms with Crippen LogP contribution in [0, 0.1) is 17.3 Å². The average Bonchev–Trinajstić information content (AvgIpc) is 2.27. The molecule has 2 heteroatoms. The maximum Gasteiger partial charge on any atom is 0.0471 e. The van der Waals surface area contributed by atoms with Crippen molar-refractivity contribution >= 4 is 0 Å². The van der Waals surface area contributed by atoms with Crippen LogP contribution in [0.25, 0.3) is 0 Å². The van der Waals surface area contributed by atoms with Crippen LogP contribution in [0.5, 0.6) is 0 Å². The summed E-state index contributed by atoms with van der Waals surface area (Å²) in [5.74, 6) is 1.48. The van der Waals surface area contributed by atoms with E-state index in [0.717, 1.165) is 44.6 Å². The fourth-order valence-electron chi connectivity index (χ4n) is 1.79. The Kier molecular flexibility index (Phi) is 9.76. The highest BCUT2D eigenvalue weighted by Gasteiger charge is 2.21. The van der Waals surface area contributed by atoms with E-state index in [1.165, 1.54) is 12.8 Å². The Hall–Kier alpha value is -0.0800. The van der Waals surface area contributed by atoms with Crippen LogP contribution in [0.1, 0.15) is 60.8 Å². The minimum absolute atomic E-state index is 0.382. The average molecular weight is 257 g/mol. The first kappa shape index (κ1) is 17.9. The van der Waals surface area contributed by atoms with Crippen LogP contribution >= 0.6 is 0 Å². The Bertz CT molecular complexity index is 192. The van der Waals surface area contributed by atoms with Crippen LogP contribution in [0.2, 0.25) is 0 Å². The van der Waals surface area contributed by atoms with Crippen LogP contribution in [0.4, 0.5) is 0 Å². The number of nitrogens with one attached hydrogen (secondary N) is 1. The van der Waals surface area contributed by atoms with E-state index in [2.05, 4.69) is 46.9 Å². The van der Waals surface area contributed by atoms with Gasteiger partial charge in [0.05, 0.1) is 0 Å². The summed E-state index contributed by atoms with van der Waals surface area (Å²) in [6.45, 7) is 17.7. The number of hydrogen-bond acceptors (Lipinski definition) is 2. The third-order valence-electron chi connectivity index (χ3n) is 3.65. The molecule has 110 valence electrons. The molecule has 0 saturated carbocycles. The van der Waals surface area contributed by atoms with Gasteiger partial charge in [-0.15, -0.1) is 0 Å². The van der Waals surface area contributed by atoms with E-state index in [1.54, 1.807) is 0 Å². The first-order valence-electron chi connectivity index (χ1n) is 7.68. The van der Waals surface area contributed by atoms with Gasteiger partial charge in [0.2, 0.25) is 0 Å². The van der Waals surface area contributed by atoms with Crippen LogP contribution in [-0.2, 0) is 4.74 Å². The van der Waals surface area contributed by atoms with Crippen LogP contribution in [0.15, 0.2) is 0 Å². The predicted molar refractivity (Wildman–Crippen MR) is 81.0 cm³/mol. The number of ether oxygens (including phenoxy) is 1. The molecule has 0 aliphatic rings. The zero-order chi connectivity index (χ0) is 14.0. The monoisotopic (exact) mass is 257 g/mol. The third kappa shape index (κ3) is 9.90. The first-order chi connectivity index (χ1) is 8.39. The molecule has 0 aromatic carbocycles. The topological polar surface area (TPSA) is 21.3 Å². The molecule has 0 aromatic rings. The minimum Gasteiger partial charge on any atom is -0.381 e. The zero-order valence-corrected chi connectivity index (χ0v) is 13.5. The summed E-state index contributed by atoms with van der Waals surface area (Å²) in [5, 5.41) is 3.58. The molecule has 0 fully saturated rings. The second-order valence-electron chi connectivity index (χ2n) is 6.73. The second kappa shape index (κ2) is 9.80. The quantitative estimate of drug-likeness (QED) is 0.563. The molecular weight excluding hydrogens is 222 g/mol. The van der Waals surface area contributed by atoms with E-state index >= 15 is 0 Å². The highest BCUT2D eigenvalue weighted by atomic mass is 16.5. The van der Waals surface area contributed by atoms with E-state index in [-0.39, 0.29) is 0 Å². The molecule has 0 amide bonds. The molecule has 0 aliphatic carbocycles. The fourth-order valence-corrected chi connectivity index (χ4v) is 1.79. The maximum atomic E-state index is 5.74. The van der Waals surface area contributed by atoms with E-state index in [9.17, 15) is 0 Å². The lowest BCUT2D eigenvalue weighted by atomic mass is 9.84. The van der Waals surface area contributed by atoms with Gasteiger partial charge in [0.25, 0.3) is 0 Å². The van der Waals surface area contributed by atoms with Crippen LogP contribution in [0.3, 0.4) is 0 Å². The van der Waals surface area contributed by atoms with Crippen molar-refractivity contribution in [3.05, 3.63) is 0 Å². The van der Waals surface area contributed by atoms with Crippen LogP contribution in [-0.4, -0.2) is 26.3 Å². The van der Waals surface area contributed by atoms with E-state index in [4.69, 9.17) is 4.74 Å². The van der Waals surface area contributed by atoms with E-state index in [0.29, 0.717) is 5.41 Å². The Balaban J connectivity index is 3.71. The van der Waals surface area contributed by atoms with Crippen molar-refractivity contribution in [2.24, 2.45) is 17.3 Å². The molecule has 0 spiro atoms. The SMILES string of the molecule is CCC(C)(CCOCCC(C)C)CNCC(C)C. The summed E-state index contributed by atoms with van der Waals surface area (Å²) in [6.07, 6.45) is 3.55. The standard InChI is InChI=1S/C16H35NO/c1-7-16(6,13-17-12-15(4)5)9-11-18-10-8-14(2)3/h14-15,17H,7-13H2,1-6H3. The van der Waals surface area contributed by atoms with Crippen molar-refractivity contribution in [1.82, 2.24) is 5.32 Å².